The largest absolute Gasteiger partial charge is 0.481 e. The maximum Gasteiger partial charge on any atom is 0.313 e. The van der Waals surface area contributed by atoms with Gasteiger partial charge in [0.05, 0.1) is 5.41 Å². The molecule has 106 valence electrons. The predicted octanol–water partition coefficient (Wildman–Crippen LogP) is 4.54. The fourth-order valence-corrected chi connectivity index (χ4v) is 3.01. The zero-order chi connectivity index (χ0) is 14.5. The molecule has 0 fully saturated rings. The molecule has 0 aromatic heterocycles. The second-order valence-corrected chi connectivity index (χ2v) is 6.42. The van der Waals surface area contributed by atoms with E-state index in [1.807, 2.05) is 38.1 Å². The Bertz CT molecular complexity index is 431. The van der Waals surface area contributed by atoms with Crippen molar-refractivity contribution in [2.75, 3.05) is 5.33 Å². The second kappa shape index (κ2) is 7.09. The van der Waals surface area contributed by atoms with Gasteiger partial charge in [0, 0.05) is 5.33 Å². The molecule has 0 aliphatic heterocycles. The number of halogens is 1. The van der Waals surface area contributed by atoms with Gasteiger partial charge in [-0.1, -0.05) is 52.7 Å². The Balaban J connectivity index is 2.89. The van der Waals surface area contributed by atoms with Crippen LogP contribution in [0.25, 0.3) is 0 Å². The summed E-state index contributed by atoms with van der Waals surface area (Å²) in [4.78, 5) is 11.7. The summed E-state index contributed by atoms with van der Waals surface area (Å²) < 4.78 is 0. The Morgan fingerprint density at radius 2 is 2.11 bits per heavy atom. The molecule has 0 spiro atoms. The van der Waals surface area contributed by atoms with E-state index in [-0.39, 0.29) is 0 Å². The van der Waals surface area contributed by atoms with Gasteiger partial charge in [0.15, 0.2) is 0 Å². The highest BCUT2D eigenvalue weighted by Gasteiger charge is 2.35. The molecule has 2 nitrogen and oxygen atoms in total. The van der Waals surface area contributed by atoms with Crippen LogP contribution < -0.4 is 0 Å². The Hall–Kier alpha value is -0.830. The number of aliphatic carboxylic acids is 1. The third-order valence-corrected chi connectivity index (χ3v) is 4.32. The van der Waals surface area contributed by atoms with E-state index in [4.69, 9.17) is 0 Å². The lowest BCUT2D eigenvalue weighted by Gasteiger charge is -2.27. The molecule has 3 heteroatoms. The molecule has 0 saturated heterocycles. The van der Waals surface area contributed by atoms with Crippen LogP contribution in [-0.2, 0) is 10.2 Å². The molecular weight excluding hydrogens is 304 g/mol. The van der Waals surface area contributed by atoms with E-state index in [1.165, 1.54) is 0 Å². The summed E-state index contributed by atoms with van der Waals surface area (Å²) in [7, 11) is 0. The quantitative estimate of drug-likeness (QED) is 0.747. The molecule has 0 aliphatic rings. The molecule has 0 heterocycles. The van der Waals surface area contributed by atoms with E-state index in [0.29, 0.717) is 12.3 Å². The fourth-order valence-electron chi connectivity index (χ4n) is 2.23. The van der Waals surface area contributed by atoms with Crippen molar-refractivity contribution in [1.29, 1.82) is 0 Å². The third-order valence-electron chi connectivity index (χ3n) is 3.87. The fraction of sp³-hybridized carbons (Fsp3) is 0.562. The lowest BCUT2D eigenvalue weighted by atomic mass is 9.76. The van der Waals surface area contributed by atoms with Crippen LogP contribution in [0.15, 0.2) is 24.3 Å². The molecule has 2 unspecified atom stereocenters. The summed E-state index contributed by atoms with van der Waals surface area (Å²) in [6, 6.07) is 7.85. The van der Waals surface area contributed by atoms with Gasteiger partial charge in [-0.25, -0.2) is 0 Å². The highest BCUT2D eigenvalue weighted by atomic mass is 79.9. The van der Waals surface area contributed by atoms with Crippen molar-refractivity contribution >= 4 is 21.9 Å². The number of hydrogen-bond acceptors (Lipinski definition) is 1. The van der Waals surface area contributed by atoms with Gasteiger partial charge in [-0.2, -0.15) is 0 Å². The Kier molecular flexibility index (Phi) is 6.05. The van der Waals surface area contributed by atoms with Crippen LogP contribution in [-0.4, -0.2) is 16.4 Å². The van der Waals surface area contributed by atoms with Crippen LogP contribution in [0.4, 0.5) is 0 Å². The van der Waals surface area contributed by atoms with E-state index in [0.717, 1.165) is 29.3 Å². The molecular formula is C16H23BrO2. The Morgan fingerprint density at radius 1 is 1.42 bits per heavy atom. The molecule has 2 atom stereocenters. The number of carboxylic acids is 1. The van der Waals surface area contributed by atoms with Crippen LogP contribution in [0, 0.1) is 12.8 Å². The van der Waals surface area contributed by atoms with Gasteiger partial charge in [-0.15, -0.1) is 0 Å². The summed E-state index contributed by atoms with van der Waals surface area (Å²) in [6.07, 6.45) is 2.70. The molecule has 0 saturated carbocycles. The first kappa shape index (κ1) is 16.2. The van der Waals surface area contributed by atoms with Gasteiger partial charge in [0.2, 0.25) is 0 Å². The number of carboxylic acid groups (broad SMARTS) is 1. The summed E-state index contributed by atoms with van der Waals surface area (Å²) in [5.41, 5.74) is 1.23. The average Bonchev–Trinajstić information content (AvgIpc) is 2.36. The first-order valence-corrected chi connectivity index (χ1v) is 7.89. The summed E-state index contributed by atoms with van der Waals surface area (Å²) in [5.74, 6) is -0.188. The molecule has 0 radical (unpaired) electrons. The van der Waals surface area contributed by atoms with Crippen molar-refractivity contribution in [3.63, 3.8) is 0 Å². The van der Waals surface area contributed by atoms with Crippen LogP contribution in [0.2, 0.25) is 0 Å². The van der Waals surface area contributed by atoms with Gasteiger partial charge in [-0.05, 0) is 44.6 Å². The maximum atomic E-state index is 11.7. The minimum absolute atomic E-state index is 0.544. The SMILES string of the molecule is Cc1cccc(C(C)(CCC(C)CCBr)C(=O)O)c1. The van der Waals surface area contributed by atoms with Crippen LogP contribution in [0.3, 0.4) is 0 Å². The minimum Gasteiger partial charge on any atom is -0.481 e. The van der Waals surface area contributed by atoms with Gasteiger partial charge < -0.3 is 5.11 Å². The highest BCUT2D eigenvalue weighted by molar-refractivity contribution is 9.09. The van der Waals surface area contributed by atoms with Crippen LogP contribution in [0.1, 0.15) is 44.2 Å². The lowest BCUT2D eigenvalue weighted by Crippen LogP contribution is -2.33. The molecule has 1 aromatic carbocycles. The predicted molar refractivity (Wildman–Crippen MR) is 83.0 cm³/mol. The van der Waals surface area contributed by atoms with Crippen molar-refractivity contribution in [2.45, 2.75) is 45.4 Å². The van der Waals surface area contributed by atoms with Crippen molar-refractivity contribution in [3.05, 3.63) is 35.4 Å². The number of carbonyl (C=O) groups is 1. The van der Waals surface area contributed by atoms with E-state index in [9.17, 15) is 9.90 Å². The minimum atomic E-state index is -0.785. The zero-order valence-corrected chi connectivity index (χ0v) is 13.5. The molecule has 0 aliphatic carbocycles. The molecule has 0 amide bonds. The first-order valence-electron chi connectivity index (χ1n) is 6.76. The zero-order valence-electron chi connectivity index (χ0n) is 11.9. The topological polar surface area (TPSA) is 37.3 Å². The Morgan fingerprint density at radius 3 is 2.63 bits per heavy atom. The van der Waals surface area contributed by atoms with Crippen molar-refractivity contribution in [3.8, 4) is 0 Å². The number of aryl methyl sites for hydroxylation is 1. The molecule has 1 rings (SSSR count). The summed E-state index contributed by atoms with van der Waals surface area (Å²) in [5, 5.41) is 10.6. The number of alkyl halides is 1. The van der Waals surface area contributed by atoms with Crippen LogP contribution >= 0.6 is 15.9 Å². The normalized spacial score (nSPS) is 15.8. The molecule has 1 aromatic rings. The monoisotopic (exact) mass is 326 g/mol. The second-order valence-electron chi connectivity index (χ2n) is 5.63. The van der Waals surface area contributed by atoms with E-state index in [2.05, 4.69) is 22.9 Å². The first-order chi connectivity index (χ1) is 8.90. The lowest BCUT2D eigenvalue weighted by molar-refractivity contribution is -0.143. The van der Waals surface area contributed by atoms with E-state index >= 15 is 0 Å². The summed E-state index contributed by atoms with van der Waals surface area (Å²) >= 11 is 3.44. The van der Waals surface area contributed by atoms with E-state index < -0.39 is 11.4 Å². The highest BCUT2D eigenvalue weighted by Crippen LogP contribution is 2.32. The molecule has 1 N–H and O–H groups in total. The van der Waals surface area contributed by atoms with Crippen molar-refractivity contribution in [1.82, 2.24) is 0 Å². The summed E-state index contributed by atoms with van der Waals surface area (Å²) in [6.45, 7) is 6.02. The van der Waals surface area contributed by atoms with Crippen molar-refractivity contribution < 1.29 is 9.90 Å². The van der Waals surface area contributed by atoms with Gasteiger partial charge in [0.25, 0.3) is 0 Å². The average molecular weight is 327 g/mol. The number of rotatable bonds is 7. The van der Waals surface area contributed by atoms with E-state index in [1.54, 1.807) is 0 Å². The number of hydrogen-bond donors (Lipinski definition) is 1. The molecule has 19 heavy (non-hydrogen) atoms. The van der Waals surface area contributed by atoms with Gasteiger partial charge in [0.1, 0.15) is 0 Å². The number of benzene rings is 1. The van der Waals surface area contributed by atoms with Crippen molar-refractivity contribution in [2.24, 2.45) is 5.92 Å². The Labute approximate surface area is 124 Å². The maximum absolute atomic E-state index is 11.7. The smallest absolute Gasteiger partial charge is 0.313 e. The molecule has 0 bridgehead atoms. The van der Waals surface area contributed by atoms with Gasteiger partial charge >= 0.3 is 5.97 Å². The van der Waals surface area contributed by atoms with Gasteiger partial charge in [-0.3, -0.25) is 4.79 Å². The van der Waals surface area contributed by atoms with Crippen LogP contribution in [0.5, 0.6) is 0 Å². The third kappa shape index (κ3) is 4.34. The standard InChI is InChI=1S/C16H23BrO2/c1-12(8-10-17)7-9-16(3,15(18)19)14-6-4-5-13(2)11-14/h4-6,11-12H,7-10H2,1-3H3,(H,18,19).